The van der Waals surface area contributed by atoms with Gasteiger partial charge >= 0.3 is 48.2 Å². The molecule has 0 heterocycles. The van der Waals surface area contributed by atoms with Crippen LogP contribution < -0.4 is 0 Å². The highest BCUT2D eigenvalue weighted by atomic mass is 19.4. The Balaban J connectivity index is 6.67. The normalized spacial score (nSPS) is 14.6. The largest absolute Gasteiger partial charge is 0.460 e. The third-order valence-corrected chi connectivity index (χ3v) is 2.62. The Bertz CT molecular complexity index is 610. The molecule has 0 radical (unpaired) electrons. The van der Waals surface area contributed by atoms with Crippen molar-refractivity contribution in [3.63, 3.8) is 0 Å². The molecule has 0 amide bonds. The number of allylic oxidation sites excluding steroid dienone is 2. The van der Waals surface area contributed by atoms with Crippen LogP contribution in [-0.4, -0.2) is 36.0 Å². The Morgan fingerprint density at radius 3 is 0.759 bits per heavy atom. The second-order valence-corrected chi connectivity index (χ2v) is 4.57. The van der Waals surface area contributed by atoms with Crippen molar-refractivity contribution in [1.29, 1.82) is 0 Å². The summed E-state index contributed by atoms with van der Waals surface area (Å²) in [5.41, 5.74) is 0. The fourth-order valence-electron chi connectivity index (χ4n) is 1.19. The van der Waals surface area contributed by atoms with Crippen LogP contribution in [0.5, 0.6) is 0 Å². The van der Waals surface area contributed by atoms with Crippen molar-refractivity contribution in [2.45, 2.75) is 36.0 Å². The molecule has 0 aromatic heterocycles. The molecule has 0 aromatic carbocycles. The molecule has 19 heteroatoms. The summed E-state index contributed by atoms with van der Waals surface area (Å²) in [5, 5.41) is 0. The first-order chi connectivity index (χ1) is 12.4. The molecular formula is C10F18O. The lowest BCUT2D eigenvalue weighted by atomic mass is 10.1. The van der Waals surface area contributed by atoms with Crippen LogP contribution in [0.4, 0.5) is 79.0 Å². The maximum absolute atomic E-state index is 13.1. The van der Waals surface area contributed by atoms with E-state index in [1.807, 2.05) is 0 Å². The summed E-state index contributed by atoms with van der Waals surface area (Å²) in [7, 11) is 0. The van der Waals surface area contributed by atoms with Crippen LogP contribution in [0.1, 0.15) is 0 Å². The van der Waals surface area contributed by atoms with Gasteiger partial charge in [-0.1, -0.05) is 0 Å². The molecule has 0 fully saturated rings. The molecule has 172 valence electrons. The average Bonchev–Trinajstić information content (AvgIpc) is 2.43. The van der Waals surface area contributed by atoms with Crippen LogP contribution in [0.3, 0.4) is 0 Å². The summed E-state index contributed by atoms with van der Waals surface area (Å²) in [5.74, 6) is -39.7. The fraction of sp³-hybridized carbons (Fsp3) is 0.600. The first-order valence-electron chi connectivity index (χ1n) is 5.81. The second-order valence-electron chi connectivity index (χ2n) is 4.57. The summed E-state index contributed by atoms with van der Waals surface area (Å²) in [6, 6.07) is 0. The van der Waals surface area contributed by atoms with Crippen LogP contribution in [0.25, 0.3) is 0 Å². The monoisotopic (exact) mass is 478 g/mol. The third-order valence-electron chi connectivity index (χ3n) is 2.62. The van der Waals surface area contributed by atoms with Crippen molar-refractivity contribution < 1.29 is 83.8 Å². The minimum atomic E-state index is -7.67. The zero-order valence-electron chi connectivity index (χ0n) is 12.2. The Labute approximate surface area is 145 Å². The van der Waals surface area contributed by atoms with E-state index >= 15 is 0 Å². The highest BCUT2D eigenvalue weighted by Crippen LogP contribution is 2.55. The molecule has 0 aliphatic rings. The average molecular weight is 478 g/mol. The predicted molar refractivity (Wildman–Crippen MR) is 51.5 cm³/mol. The lowest BCUT2D eigenvalue weighted by molar-refractivity contribution is -0.358. The standard InChI is InChI=1S/C10F18O/c11-3(12)1(5(15,16)7(19,20)9(23,24)25)29-2(4(13)14)6(17,18)8(21,22)10(26,27)28. The topological polar surface area (TPSA) is 9.23 Å². The van der Waals surface area contributed by atoms with Gasteiger partial charge in [-0.2, -0.15) is 79.0 Å². The van der Waals surface area contributed by atoms with Crippen LogP contribution in [0.2, 0.25) is 0 Å². The van der Waals surface area contributed by atoms with Gasteiger partial charge in [0.15, 0.2) is 0 Å². The highest BCUT2D eigenvalue weighted by molar-refractivity contribution is 5.21. The molecule has 29 heavy (non-hydrogen) atoms. The van der Waals surface area contributed by atoms with E-state index in [-0.39, 0.29) is 0 Å². The molecule has 0 unspecified atom stereocenters. The van der Waals surface area contributed by atoms with Gasteiger partial charge < -0.3 is 4.74 Å². The lowest BCUT2D eigenvalue weighted by Gasteiger charge is -2.32. The SMILES string of the molecule is FC(F)=C(OC(=C(F)F)C(F)(F)C(F)(F)C(F)(F)F)C(F)(F)C(F)(F)C(F)(F)F. The van der Waals surface area contributed by atoms with Crippen molar-refractivity contribution in [2.24, 2.45) is 0 Å². The molecule has 0 N–H and O–H groups in total. The summed E-state index contributed by atoms with van der Waals surface area (Å²) in [6.45, 7) is 0. The van der Waals surface area contributed by atoms with E-state index in [4.69, 9.17) is 0 Å². The van der Waals surface area contributed by atoms with Gasteiger partial charge in [-0.05, 0) is 0 Å². The van der Waals surface area contributed by atoms with Crippen LogP contribution in [0.15, 0.2) is 23.7 Å². The van der Waals surface area contributed by atoms with Gasteiger partial charge in [0.2, 0.25) is 11.5 Å². The van der Waals surface area contributed by atoms with Crippen molar-refractivity contribution in [3.8, 4) is 0 Å². The van der Waals surface area contributed by atoms with Crippen LogP contribution in [0, 0.1) is 0 Å². The van der Waals surface area contributed by atoms with Gasteiger partial charge in [0.1, 0.15) is 0 Å². The van der Waals surface area contributed by atoms with Gasteiger partial charge in [-0.3, -0.25) is 0 Å². The first kappa shape index (κ1) is 27.0. The van der Waals surface area contributed by atoms with E-state index in [2.05, 4.69) is 4.74 Å². The van der Waals surface area contributed by atoms with E-state index in [0.29, 0.717) is 0 Å². The molecule has 0 saturated heterocycles. The minimum Gasteiger partial charge on any atom is -0.442 e. The predicted octanol–water partition coefficient (Wildman–Crippen LogP) is 6.89. The number of hydrogen-bond acceptors (Lipinski definition) is 1. The summed E-state index contributed by atoms with van der Waals surface area (Å²) in [4.78, 5) is 0. The summed E-state index contributed by atoms with van der Waals surface area (Å²) < 4.78 is 226. The molecule has 0 aromatic rings. The Kier molecular flexibility index (Phi) is 6.86. The van der Waals surface area contributed by atoms with Gasteiger partial charge in [-0.15, -0.1) is 0 Å². The minimum absolute atomic E-state index is 2.07. The molecule has 0 rings (SSSR count). The van der Waals surface area contributed by atoms with Gasteiger partial charge in [0.05, 0.1) is 0 Å². The van der Waals surface area contributed by atoms with Crippen LogP contribution >= 0.6 is 0 Å². The van der Waals surface area contributed by atoms with Gasteiger partial charge in [0, 0.05) is 0 Å². The Morgan fingerprint density at radius 1 is 0.414 bits per heavy atom. The van der Waals surface area contributed by atoms with Crippen LogP contribution in [-0.2, 0) is 4.74 Å². The second kappa shape index (κ2) is 7.37. The zero-order valence-corrected chi connectivity index (χ0v) is 12.2. The number of ether oxygens (including phenoxy) is 1. The number of hydrogen-bond donors (Lipinski definition) is 0. The Hall–Kier alpha value is -1.98. The van der Waals surface area contributed by atoms with E-state index in [9.17, 15) is 79.0 Å². The molecule has 0 bridgehead atoms. The molecule has 1 nitrogen and oxygen atoms in total. The van der Waals surface area contributed by atoms with E-state index in [1.54, 1.807) is 0 Å². The quantitative estimate of drug-likeness (QED) is 0.299. The van der Waals surface area contributed by atoms with E-state index < -0.39 is 59.7 Å². The maximum atomic E-state index is 13.1. The highest BCUT2D eigenvalue weighted by Gasteiger charge is 2.79. The summed E-state index contributed by atoms with van der Waals surface area (Å²) in [6.07, 6.45) is -24.3. The molecular weight excluding hydrogens is 478 g/mol. The van der Waals surface area contributed by atoms with Crippen molar-refractivity contribution >= 4 is 0 Å². The number of alkyl halides is 14. The van der Waals surface area contributed by atoms with Crippen molar-refractivity contribution in [2.75, 3.05) is 0 Å². The summed E-state index contributed by atoms with van der Waals surface area (Å²) >= 11 is 0. The smallest absolute Gasteiger partial charge is 0.442 e. The van der Waals surface area contributed by atoms with Crippen molar-refractivity contribution in [3.05, 3.63) is 23.7 Å². The maximum Gasteiger partial charge on any atom is 0.460 e. The van der Waals surface area contributed by atoms with Gasteiger partial charge in [0.25, 0.3) is 0 Å². The van der Waals surface area contributed by atoms with E-state index in [0.717, 1.165) is 0 Å². The Morgan fingerprint density at radius 2 is 0.621 bits per heavy atom. The number of rotatable bonds is 6. The van der Waals surface area contributed by atoms with Crippen molar-refractivity contribution in [1.82, 2.24) is 0 Å². The third kappa shape index (κ3) is 4.46. The van der Waals surface area contributed by atoms with Gasteiger partial charge in [-0.25, -0.2) is 0 Å². The molecule has 0 atom stereocenters. The molecule has 0 aliphatic carbocycles. The number of halogens is 18. The molecule has 0 aliphatic heterocycles. The fourth-order valence-corrected chi connectivity index (χ4v) is 1.19. The first-order valence-corrected chi connectivity index (χ1v) is 5.81. The molecule has 0 saturated carbocycles. The zero-order chi connectivity index (χ0) is 24.0. The lowest BCUT2D eigenvalue weighted by Crippen LogP contribution is -2.55. The molecule has 0 spiro atoms. The van der Waals surface area contributed by atoms with E-state index in [1.165, 1.54) is 0 Å².